The number of H-pyrrole nitrogens is 1. The molecule has 4 rings (SSSR count). The second-order valence-corrected chi connectivity index (χ2v) is 7.85. The van der Waals surface area contributed by atoms with Gasteiger partial charge < -0.3 is 19.8 Å². The summed E-state index contributed by atoms with van der Waals surface area (Å²) in [5.74, 6) is 1.32. The summed E-state index contributed by atoms with van der Waals surface area (Å²) in [6.07, 6.45) is 2.73. The highest BCUT2D eigenvalue weighted by Gasteiger charge is 2.11. The molecule has 34 heavy (non-hydrogen) atoms. The molecule has 3 aromatic carbocycles. The van der Waals surface area contributed by atoms with E-state index < -0.39 is 0 Å². The maximum Gasteiger partial charge on any atom is 0.257 e. The SMILES string of the molecule is COc1ccc(NC(=NCCc2c[nH]c3ccccc23)NC(=O)c2ccc(C)cc2)cc1OC. The minimum absolute atomic E-state index is 0.237. The van der Waals surface area contributed by atoms with Crippen LogP contribution in [0.2, 0.25) is 0 Å². The minimum Gasteiger partial charge on any atom is -0.493 e. The van der Waals surface area contributed by atoms with Crippen LogP contribution in [0, 0.1) is 6.92 Å². The van der Waals surface area contributed by atoms with Crippen molar-refractivity contribution in [1.29, 1.82) is 0 Å². The summed E-state index contributed by atoms with van der Waals surface area (Å²) in [7, 11) is 3.17. The second-order valence-electron chi connectivity index (χ2n) is 7.85. The van der Waals surface area contributed by atoms with Crippen LogP contribution >= 0.6 is 0 Å². The van der Waals surface area contributed by atoms with Crippen LogP contribution in [0.15, 0.2) is 77.9 Å². The number of nitrogens with one attached hydrogen (secondary N) is 3. The van der Waals surface area contributed by atoms with Crippen LogP contribution in [0.1, 0.15) is 21.5 Å². The number of benzene rings is 3. The smallest absolute Gasteiger partial charge is 0.257 e. The van der Waals surface area contributed by atoms with E-state index in [4.69, 9.17) is 9.47 Å². The van der Waals surface area contributed by atoms with Crippen LogP contribution in [0.5, 0.6) is 11.5 Å². The summed E-state index contributed by atoms with van der Waals surface area (Å²) in [4.78, 5) is 20.8. The van der Waals surface area contributed by atoms with Gasteiger partial charge in [0.1, 0.15) is 0 Å². The first-order chi connectivity index (χ1) is 16.6. The van der Waals surface area contributed by atoms with Crippen LogP contribution < -0.4 is 20.1 Å². The molecule has 4 aromatic rings. The van der Waals surface area contributed by atoms with E-state index in [1.54, 1.807) is 38.5 Å². The molecule has 1 amide bonds. The first kappa shape index (κ1) is 22.9. The number of carbonyl (C=O) groups excluding carboxylic acids is 1. The van der Waals surface area contributed by atoms with E-state index in [9.17, 15) is 4.79 Å². The molecular formula is C27H28N4O3. The van der Waals surface area contributed by atoms with Crippen LogP contribution in [0.25, 0.3) is 10.9 Å². The summed E-state index contributed by atoms with van der Waals surface area (Å²) in [5.41, 5.74) is 4.64. The van der Waals surface area contributed by atoms with E-state index in [-0.39, 0.29) is 5.91 Å². The van der Waals surface area contributed by atoms with Crippen LogP contribution in [0.4, 0.5) is 5.69 Å². The van der Waals surface area contributed by atoms with Crippen molar-refractivity contribution in [3.63, 3.8) is 0 Å². The monoisotopic (exact) mass is 456 g/mol. The van der Waals surface area contributed by atoms with Crippen LogP contribution in [0.3, 0.4) is 0 Å². The molecule has 7 heteroatoms. The highest BCUT2D eigenvalue weighted by Crippen LogP contribution is 2.29. The molecule has 3 N–H and O–H groups in total. The molecule has 0 unspecified atom stereocenters. The van der Waals surface area contributed by atoms with Crippen LogP contribution in [-0.4, -0.2) is 37.6 Å². The van der Waals surface area contributed by atoms with Gasteiger partial charge in [0.15, 0.2) is 11.5 Å². The number of aromatic amines is 1. The van der Waals surface area contributed by atoms with Crippen molar-refractivity contribution in [2.45, 2.75) is 13.3 Å². The molecule has 0 aliphatic carbocycles. The van der Waals surface area contributed by atoms with Gasteiger partial charge in [-0.1, -0.05) is 35.9 Å². The second kappa shape index (κ2) is 10.6. The Morgan fingerprint density at radius 3 is 2.50 bits per heavy atom. The largest absolute Gasteiger partial charge is 0.493 e. The molecule has 0 atom stereocenters. The molecule has 0 radical (unpaired) electrons. The fraction of sp³-hybridized carbons (Fsp3) is 0.185. The molecule has 0 bridgehead atoms. The number of fused-ring (bicyclic) bond motifs is 1. The number of methoxy groups -OCH3 is 2. The molecular weight excluding hydrogens is 428 g/mol. The standard InChI is InChI=1S/C27H28N4O3/c1-18-8-10-19(11-9-18)26(32)31-27(30-21-12-13-24(33-2)25(16-21)34-3)28-15-14-20-17-29-23-7-5-4-6-22(20)23/h4-13,16-17,29H,14-15H2,1-3H3,(H2,28,30,31,32). The van der Waals surface area contributed by atoms with Crippen molar-refractivity contribution < 1.29 is 14.3 Å². The Morgan fingerprint density at radius 1 is 0.971 bits per heavy atom. The quantitative estimate of drug-likeness (QED) is 0.272. The lowest BCUT2D eigenvalue weighted by molar-refractivity contribution is 0.0977. The van der Waals surface area contributed by atoms with Gasteiger partial charge in [0.25, 0.3) is 5.91 Å². The zero-order chi connectivity index (χ0) is 23.9. The molecule has 174 valence electrons. The summed E-state index contributed by atoms with van der Waals surface area (Å²) in [6, 6.07) is 21.0. The van der Waals surface area contributed by atoms with Gasteiger partial charge in [-0.15, -0.1) is 0 Å². The van der Waals surface area contributed by atoms with Gasteiger partial charge in [-0.3, -0.25) is 15.1 Å². The Bertz CT molecular complexity index is 1310. The van der Waals surface area contributed by atoms with Crippen molar-refractivity contribution >= 4 is 28.5 Å². The van der Waals surface area contributed by atoms with Gasteiger partial charge in [0, 0.05) is 41.0 Å². The fourth-order valence-corrected chi connectivity index (χ4v) is 3.67. The molecule has 0 aliphatic heterocycles. The van der Waals surface area contributed by atoms with E-state index in [1.807, 2.05) is 49.5 Å². The number of anilines is 1. The molecule has 0 aliphatic rings. The topological polar surface area (TPSA) is 87.7 Å². The zero-order valence-corrected chi connectivity index (χ0v) is 19.5. The number of aryl methyl sites for hydroxylation is 1. The lowest BCUT2D eigenvalue weighted by atomic mass is 10.1. The first-order valence-corrected chi connectivity index (χ1v) is 11.0. The highest BCUT2D eigenvalue weighted by molar-refractivity contribution is 6.10. The molecule has 0 spiro atoms. The Morgan fingerprint density at radius 2 is 1.74 bits per heavy atom. The fourth-order valence-electron chi connectivity index (χ4n) is 3.67. The number of guanidine groups is 1. The number of rotatable bonds is 7. The molecule has 7 nitrogen and oxygen atoms in total. The molecule has 1 aromatic heterocycles. The van der Waals surface area contributed by atoms with Crippen LogP contribution in [-0.2, 0) is 6.42 Å². The van der Waals surface area contributed by atoms with Gasteiger partial charge in [-0.05, 0) is 49.2 Å². The van der Waals surface area contributed by atoms with Crippen molar-refractivity contribution in [2.75, 3.05) is 26.1 Å². The van der Waals surface area contributed by atoms with Crippen molar-refractivity contribution in [1.82, 2.24) is 10.3 Å². The van der Waals surface area contributed by atoms with Crippen molar-refractivity contribution in [3.05, 3.63) is 89.6 Å². The number of hydrogen-bond acceptors (Lipinski definition) is 4. The van der Waals surface area contributed by atoms with Gasteiger partial charge >= 0.3 is 0 Å². The van der Waals surface area contributed by atoms with E-state index in [2.05, 4.69) is 26.7 Å². The minimum atomic E-state index is -0.237. The highest BCUT2D eigenvalue weighted by atomic mass is 16.5. The Balaban J connectivity index is 1.54. The average molecular weight is 457 g/mol. The lowest BCUT2D eigenvalue weighted by Gasteiger charge is -2.14. The number of carbonyl (C=O) groups is 1. The number of hydrogen-bond donors (Lipinski definition) is 3. The number of para-hydroxylation sites is 1. The predicted octanol–water partition coefficient (Wildman–Crippen LogP) is 4.93. The van der Waals surface area contributed by atoms with E-state index in [0.717, 1.165) is 17.5 Å². The summed E-state index contributed by atoms with van der Waals surface area (Å²) >= 11 is 0. The molecule has 1 heterocycles. The van der Waals surface area contributed by atoms with Crippen molar-refractivity contribution in [2.24, 2.45) is 4.99 Å². The van der Waals surface area contributed by atoms with Crippen molar-refractivity contribution in [3.8, 4) is 11.5 Å². The number of amides is 1. The molecule has 0 fully saturated rings. The van der Waals surface area contributed by atoms with Gasteiger partial charge in [-0.2, -0.15) is 0 Å². The Labute approximate surface area is 198 Å². The van der Waals surface area contributed by atoms with E-state index in [1.165, 1.54) is 10.9 Å². The number of aliphatic imine (C=N–C) groups is 1. The number of aromatic nitrogens is 1. The summed E-state index contributed by atoms with van der Waals surface area (Å²) < 4.78 is 10.7. The maximum absolute atomic E-state index is 12.9. The first-order valence-electron chi connectivity index (χ1n) is 11.0. The molecule has 0 saturated heterocycles. The third-order valence-corrected chi connectivity index (χ3v) is 5.52. The number of nitrogens with zero attached hydrogens (tertiary/aromatic N) is 1. The molecule has 0 saturated carbocycles. The van der Waals surface area contributed by atoms with Gasteiger partial charge in [0.05, 0.1) is 14.2 Å². The predicted molar refractivity (Wildman–Crippen MR) is 136 cm³/mol. The Hall–Kier alpha value is -4.26. The third kappa shape index (κ3) is 5.38. The zero-order valence-electron chi connectivity index (χ0n) is 19.5. The van der Waals surface area contributed by atoms with E-state index in [0.29, 0.717) is 35.3 Å². The summed E-state index contributed by atoms with van der Waals surface area (Å²) in [6.45, 7) is 2.48. The summed E-state index contributed by atoms with van der Waals surface area (Å²) in [5, 5.41) is 7.29. The normalized spacial score (nSPS) is 11.3. The van der Waals surface area contributed by atoms with Gasteiger partial charge in [0.2, 0.25) is 5.96 Å². The maximum atomic E-state index is 12.9. The van der Waals surface area contributed by atoms with E-state index >= 15 is 0 Å². The lowest BCUT2D eigenvalue weighted by Crippen LogP contribution is -2.36. The number of ether oxygens (including phenoxy) is 2. The Kier molecular flexibility index (Phi) is 7.13. The van der Waals surface area contributed by atoms with Gasteiger partial charge in [-0.25, -0.2) is 0 Å². The average Bonchev–Trinajstić information content (AvgIpc) is 3.27. The third-order valence-electron chi connectivity index (χ3n) is 5.52.